The van der Waals surface area contributed by atoms with Gasteiger partial charge < -0.3 is 66.5 Å². The highest BCUT2D eigenvalue weighted by Crippen LogP contribution is 2.27. The van der Waals surface area contributed by atoms with Crippen molar-refractivity contribution in [2.75, 3.05) is 14.2 Å². The van der Waals surface area contributed by atoms with E-state index in [0.29, 0.717) is 29.5 Å². The molecule has 23 heteroatoms. The van der Waals surface area contributed by atoms with Crippen LogP contribution in [0.1, 0.15) is 103 Å². The van der Waals surface area contributed by atoms with Crippen molar-refractivity contribution < 1.29 is 72.7 Å². The van der Waals surface area contributed by atoms with Crippen molar-refractivity contribution >= 4 is 59.2 Å². The first-order valence-electron chi connectivity index (χ1n) is 27.4. The van der Waals surface area contributed by atoms with Crippen molar-refractivity contribution in [2.45, 2.75) is 166 Å². The third kappa shape index (κ3) is 17.7. The van der Waals surface area contributed by atoms with Gasteiger partial charge in [0.05, 0.1) is 7.11 Å². The highest BCUT2D eigenvalue weighted by atomic mass is 16.5. The lowest BCUT2D eigenvalue weighted by Crippen LogP contribution is -2.66. The lowest BCUT2D eigenvalue weighted by atomic mass is 9.93. The number of amides is 8. The number of methoxy groups -OCH3 is 1. The molecule has 2 aliphatic heterocycles. The minimum atomic E-state index is -1.81. The molecular formula is C58H78N8O15. The molecule has 2 bridgehead atoms. The van der Waals surface area contributed by atoms with Crippen molar-refractivity contribution in [1.29, 1.82) is 0 Å². The Morgan fingerprint density at radius 3 is 1.94 bits per heavy atom. The minimum absolute atomic E-state index is 0.0259. The first-order valence-corrected chi connectivity index (χ1v) is 27.4. The number of phenolic OH excluding ortho intramolecular Hbond substituents is 2. The average molecular weight is 1130 g/mol. The number of carbonyl (C=O) groups is 10. The quantitative estimate of drug-likeness (QED) is 0.0770. The summed E-state index contributed by atoms with van der Waals surface area (Å²) in [7, 11) is 2.45. The Labute approximate surface area is 471 Å². The zero-order chi connectivity index (χ0) is 59.7. The normalized spacial score (nSPS) is 23.4. The smallest absolute Gasteiger partial charge is 0.329 e. The van der Waals surface area contributed by atoms with E-state index in [2.05, 4.69) is 31.9 Å². The summed E-state index contributed by atoms with van der Waals surface area (Å²) in [5, 5.41) is 47.3. The second kappa shape index (κ2) is 29.9. The van der Waals surface area contributed by atoms with Gasteiger partial charge in [0.1, 0.15) is 72.2 Å². The number of aromatic hydroxyl groups is 2. The largest absolute Gasteiger partial charge is 0.508 e. The van der Waals surface area contributed by atoms with Crippen molar-refractivity contribution in [3.05, 3.63) is 95.6 Å². The molecule has 3 aromatic carbocycles. The predicted octanol–water partition coefficient (Wildman–Crippen LogP) is 1.57. The summed E-state index contributed by atoms with van der Waals surface area (Å²) in [6.07, 6.45) is -3.70. The standard InChI is InChI=1S/C58H78N8O15/c1-9-14-45(69)59-42(29-36-17-21-38(67)22-18-36)51(72)61-41(57(78)80-8)25-27-46(70)63-49-34(6)81-58(79)48(33(5)10-2)64-53(74)44(31-35-15-12-11-13-16-35)65(7)56(77)50(32(3)4)66-47(71)28-26-40(55(66)76)60-52(73)43(62-54(49)75)30-37-19-23-39(68)24-20-37/h11-13,15-24,32-34,40-44,47-50,67-68,71H,9-10,14,25-31H2,1-8H3,(H,59,69)(H,60,73)(H,61,72)(H,62,75)(H,63,70)(H,64,74)/t33-,34+,40-,41-,42-,43-,44?,47+,48-,49-,50-/m0/s1. The Bertz CT molecular complexity index is 2690. The van der Waals surface area contributed by atoms with Crippen LogP contribution < -0.4 is 31.9 Å². The topological polar surface area (TPSA) is 329 Å². The molecule has 440 valence electrons. The summed E-state index contributed by atoms with van der Waals surface area (Å²) in [5.41, 5.74) is 1.63. The summed E-state index contributed by atoms with van der Waals surface area (Å²) in [4.78, 5) is 144. The van der Waals surface area contributed by atoms with Crippen LogP contribution in [-0.4, -0.2) is 159 Å². The van der Waals surface area contributed by atoms with Crippen LogP contribution in [0.25, 0.3) is 0 Å². The Hall–Kier alpha value is -8.08. The van der Waals surface area contributed by atoms with E-state index in [4.69, 9.17) is 9.47 Å². The molecule has 23 nitrogen and oxygen atoms in total. The number of nitrogens with one attached hydrogen (secondary N) is 6. The number of ether oxygens (including phenoxy) is 2. The number of hydrogen-bond acceptors (Lipinski definition) is 15. The monoisotopic (exact) mass is 1130 g/mol. The Morgan fingerprint density at radius 2 is 1.35 bits per heavy atom. The van der Waals surface area contributed by atoms with Gasteiger partial charge in [-0.1, -0.05) is 95.6 Å². The molecule has 1 unspecified atom stereocenters. The third-order valence-corrected chi connectivity index (χ3v) is 14.6. The van der Waals surface area contributed by atoms with Crippen LogP contribution >= 0.6 is 0 Å². The number of hydrogen-bond donors (Lipinski definition) is 9. The van der Waals surface area contributed by atoms with Crippen LogP contribution in [0.4, 0.5) is 0 Å². The number of rotatable bonds is 19. The maximum Gasteiger partial charge on any atom is 0.329 e. The summed E-state index contributed by atoms with van der Waals surface area (Å²) >= 11 is 0. The van der Waals surface area contributed by atoms with Crippen molar-refractivity contribution in [1.82, 2.24) is 41.7 Å². The summed E-state index contributed by atoms with van der Waals surface area (Å²) in [6, 6.07) is 8.92. The van der Waals surface area contributed by atoms with Gasteiger partial charge in [-0.2, -0.15) is 0 Å². The zero-order valence-corrected chi connectivity index (χ0v) is 47.1. The minimum Gasteiger partial charge on any atom is -0.508 e. The van der Waals surface area contributed by atoms with Crippen molar-refractivity contribution in [3.8, 4) is 11.5 Å². The van der Waals surface area contributed by atoms with E-state index in [1.54, 1.807) is 77.1 Å². The molecule has 5 rings (SSSR count). The van der Waals surface area contributed by atoms with Crippen LogP contribution in [0, 0.1) is 11.8 Å². The van der Waals surface area contributed by atoms with Crippen LogP contribution in [0.2, 0.25) is 0 Å². The Balaban J connectivity index is 1.54. The van der Waals surface area contributed by atoms with E-state index in [1.807, 2.05) is 0 Å². The van der Waals surface area contributed by atoms with Crippen LogP contribution in [0.3, 0.4) is 0 Å². The molecule has 11 atom stereocenters. The molecule has 0 spiro atoms. The van der Waals surface area contributed by atoms with Gasteiger partial charge in [0.15, 0.2) is 0 Å². The van der Waals surface area contributed by atoms with E-state index < -0.39 is 145 Å². The van der Waals surface area contributed by atoms with Crippen LogP contribution in [0.15, 0.2) is 78.9 Å². The maximum absolute atomic E-state index is 14.9. The number of carbonyl (C=O) groups excluding carboxylic acids is 10. The van der Waals surface area contributed by atoms with E-state index in [-0.39, 0.29) is 50.0 Å². The lowest BCUT2D eigenvalue weighted by molar-refractivity contribution is -0.167. The first kappa shape index (κ1) is 63.7. The van der Waals surface area contributed by atoms with Gasteiger partial charge in [0.2, 0.25) is 47.3 Å². The van der Waals surface area contributed by atoms with Gasteiger partial charge in [0.25, 0.3) is 0 Å². The second-order valence-electron chi connectivity index (χ2n) is 21.1. The Kier molecular flexibility index (Phi) is 23.6. The van der Waals surface area contributed by atoms with E-state index in [0.717, 1.165) is 12.0 Å². The number of cyclic esters (lactones) is 1. The number of benzene rings is 3. The molecule has 0 aromatic heterocycles. The SMILES string of the molecule is CCCC(=O)N[C@@H](Cc1ccc(O)cc1)C(=O)N[C@@H](CCC(=O)N[C@@H]1C(=O)N[C@@H](Cc2ccc(O)cc2)C(=O)N[C@H]2CC[C@@H](O)N(C2=O)[C@@H](C(C)C)C(=O)N(C)C(Cc2ccccc2)C(=O)N[C@@H]([C@@H](C)CC)C(=O)O[C@@H]1C)C(=O)OC. The fourth-order valence-corrected chi connectivity index (χ4v) is 9.70. The second-order valence-corrected chi connectivity index (χ2v) is 21.1. The zero-order valence-electron chi connectivity index (χ0n) is 47.1. The predicted molar refractivity (Wildman–Crippen MR) is 294 cm³/mol. The Morgan fingerprint density at radius 1 is 0.728 bits per heavy atom. The first-order chi connectivity index (χ1) is 38.5. The van der Waals surface area contributed by atoms with E-state index in [9.17, 15) is 63.3 Å². The number of fused-ring (bicyclic) bond motifs is 2. The number of aliphatic hydroxyl groups excluding tert-OH is 1. The third-order valence-electron chi connectivity index (χ3n) is 14.6. The molecule has 2 fully saturated rings. The summed E-state index contributed by atoms with van der Waals surface area (Å²) < 4.78 is 10.9. The van der Waals surface area contributed by atoms with E-state index in [1.165, 1.54) is 55.3 Å². The number of phenols is 2. The number of esters is 2. The maximum atomic E-state index is 14.9. The lowest BCUT2D eigenvalue weighted by Gasteiger charge is -2.44. The van der Waals surface area contributed by atoms with Gasteiger partial charge in [0, 0.05) is 39.2 Å². The number of likely N-dealkylation sites (N-methyl/N-ethyl adjacent to an activating group) is 1. The molecule has 81 heavy (non-hydrogen) atoms. The average Bonchev–Trinajstić information content (AvgIpc) is 3.60. The molecule has 0 radical (unpaired) electrons. The molecule has 2 heterocycles. The molecule has 0 saturated carbocycles. The van der Waals surface area contributed by atoms with Crippen molar-refractivity contribution in [2.24, 2.45) is 11.8 Å². The molecule has 2 saturated heterocycles. The molecule has 2 aliphatic rings. The van der Waals surface area contributed by atoms with Gasteiger partial charge >= 0.3 is 11.9 Å². The van der Waals surface area contributed by atoms with Gasteiger partial charge in [-0.25, -0.2) is 9.59 Å². The van der Waals surface area contributed by atoms with Gasteiger partial charge in [-0.15, -0.1) is 0 Å². The van der Waals surface area contributed by atoms with Gasteiger partial charge in [-0.3, -0.25) is 38.4 Å². The van der Waals surface area contributed by atoms with Gasteiger partial charge in [-0.05, 0) is 85.4 Å². The van der Waals surface area contributed by atoms with Crippen LogP contribution in [-0.2, 0) is 76.7 Å². The summed E-state index contributed by atoms with van der Waals surface area (Å²) in [6.45, 7) is 9.84. The molecular weight excluding hydrogens is 1050 g/mol. The molecule has 9 N–H and O–H groups in total. The van der Waals surface area contributed by atoms with Crippen LogP contribution in [0.5, 0.6) is 11.5 Å². The molecule has 0 aliphatic carbocycles. The fraction of sp³-hybridized carbons (Fsp3) is 0.517. The number of aliphatic hydroxyl groups is 1. The van der Waals surface area contributed by atoms with Crippen molar-refractivity contribution in [3.63, 3.8) is 0 Å². The number of piperidine rings is 1. The number of nitrogens with zero attached hydrogens (tertiary/aromatic N) is 2. The highest BCUT2D eigenvalue weighted by Gasteiger charge is 2.47. The fourth-order valence-electron chi connectivity index (χ4n) is 9.70. The molecule has 3 aromatic rings. The van der Waals surface area contributed by atoms with E-state index >= 15 is 0 Å². The highest BCUT2D eigenvalue weighted by molar-refractivity contribution is 5.98. The molecule has 8 amide bonds. The summed E-state index contributed by atoms with van der Waals surface area (Å²) in [5.74, 6) is -9.81.